The highest BCUT2D eigenvalue weighted by molar-refractivity contribution is 7.98. The summed E-state index contributed by atoms with van der Waals surface area (Å²) in [5, 5.41) is 3.71. The second kappa shape index (κ2) is 9.02. The van der Waals surface area contributed by atoms with Crippen LogP contribution >= 0.6 is 23.4 Å². The Morgan fingerprint density at radius 3 is 2.76 bits per heavy atom. The second-order valence-electron chi connectivity index (χ2n) is 5.62. The summed E-state index contributed by atoms with van der Waals surface area (Å²) in [4.78, 5) is 12.3. The van der Waals surface area contributed by atoms with Crippen molar-refractivity contribution in [2.24, 2.45) is 0 Å². The minimum absolute atomic E-state index is 0.120. The van der Waals surface area contributed by atoms with Crippen LogP contribution in [0.4, 0.5) is 0 Å². The highest BCUT2D eigenvalue weighted by Gasteiger charge is 2.19. The van der Waals surface area contributed by atoms with Crippen LogP contribution in [-0.4, -0.2) is 31.4 Å². The number of fused-ring (bicyclic) bond motifs is 1. The molecule has 0 saturated carbocycles. The number of carbonyl (C=O) groups excluding carboxylic acids is 1. The molecule has 3 rings (SSSR count). The average Bonchev–Trinajstić information content (AvgIpc) is 2.65. The van der Waals surface area contributed by atoms with Gasteiger partial charge in [-0.15, -0.1) is 0 Å². The zero-order valence-corrected chi connectivity index (χ0v) is 15.4. The van der Waals surface area contributed by atoms with Crippen molar-refractivity contribution in [3.8, 4) is 11.5 Å². The average molecular weight is 378 g/mol. The van der Waals surface area contributed by atoms with E-state index in [0.717, 1.165) is 22.9 Å². The van der Waals surface area contributed by atoms with Gasteiger partial charge in [-0.05, 0) is 42.0 Å². The number of para-hydroxylation sites is 1. The van der Waals surface area contributed by atoms with Crippen LogP contribution in [0, 0.1) is 0 Å². The first-order chi connectivity index (χ1) is 12.2. The summed E-state index contributed by atoms with van der Waals surface area (Å²) in [6, 6.07) is 13.3. The minimum atomic E-state index is -0.120. The van der Waals surface area contributed by atoms with Gasteiger partial charge in [0.2, 0.25) is 0 Å². The third-order valence-electron chi connectivity index (χ3n) is 3.74. The molecular weight excluding hydrogens is 358 g/mol. The standard InChI is InChI=1S/C19H20ClNO3S/c20-15-7-5-14(6-8-15)13-25-12-2-9-21-19(22)16-3-1-4-17-18(16)24-11-10-23-17/h1,3-8H,2,9-13H2,(H,21,22). The fourth-order valence-corrected chi connectivity index (χ4v) is 3.54. The minimum Gasteiger partial charge on any atom is -0.486 e. The van der Waals surface area contributed by atoms with E-state index in [2.05, 4.69) is 5.32 Å². The van der Waals surface area contributed by atoms with E-state index in [1.165, 1.54) is 5.56 Å². The summed E-state index contributed by atoms with van der Waals surface area (Å²) in [6.07, 6.45) is 0.913. The molecule has 0 saturated heterocycles. The molecule has 2 aromatic rings. The fraction of sp³-hybridized carbons (Fsp3) is 0.316. The van der Waals surface area contributed by atoms with E-state index in [0.29, 0.717) is 36.8 Å². The number of ether oxygens (including phenoxy) is 2. The summed E-state index contributed by atoms with van der Waals surface area (Å²) in [6.45, 7) is 1.62. The second-order valence-corrected chi connectivity index (χ2v) is 7.16. The van der Waals surface area contributed by atoms with Crippen molar-refractivity contribution in [3.05, 3.63) is 58.6 Å². The Hall–Kier alpha value is -1.85. The smallest absolute Gasteiger partial charge is 0.255 e. The first-order valence-corrected chi connectivity index (χ1v) is 9.76. The Morgan fingerprint density at radius 1 is 1.12 bits per heavy atom. The van der Waals surface area contributed by atoms with E-state index < -0.39 is 0 Å². The van der Waals surface area contributed by atoms with Gasteiger partial charge in [-0.25, -0.2) is 0 Å². The molecular formula is C19H20ClNO3S. The van der Waals surface area contributed by atoms with E-state index in [9.17, 15) is 4.79 Å². The van der Waals surface area contributed by atoms with Gasteiger partial charge in [-0.2, -0.15) is 11.8 Å². The van der Waals surface area contributed by atoms with Crippen molar-refractivity contribution >= 4 is 29.3 Å². The predicted molar refractivity (Wildman–Crippen MR) is 102 cm³/mol. The summed E-state index contributed by atoms with van der Waals surface area (Å²) in [7, 11) is 0. The SMILES string of the molecule is O=C(NCCCSCc1ccc(Cl)cc1)c1cccc2c1OCCO2. The lowest BCUT2D eigenvalue weighted by Crippen LogP contribution is -2.27. The molecule has 132 valence electrons. The quantitative estimate of drug-likeness (QED) is 0.736. The van der Waals surface area contributed by atoms with Crippen molar-refractivity contribution in [1.82, 2.24) is 5.32 Å². The number of thioether (sulfide) groups is 1. The van der Waals surface area contributed by atoms with Gasteiger partial charge in [0.25, 0.3) is 5.91 Å². The third kappa shape index (κ3) is 5.06. The molecule has 0 radical (unpaired) electrons. The molecule has 25 heavy (non-hydrogen) atoms. The molecule has 0 spiro atoms. The molecule has 1 aliphatic heterocycles. The largest absolute Gasteiger partial charge is 0.486 e. The van der Waals surface area contributed by atoms with Crippen LogP contribution < -0.4 is 14.8 Å². The van der Waals surface area contributed by atoms with Gasteiger partial charge in [0.15, 0.2) is 11.5 Å². The maximum Gasteiger partial charge on any atom is 0.255 e. The fourth-order valence-electron chi connectivity index (χ4n) is 2.49. The Labute approximate surface area is 156 Å². The van der Waals surface area contributed by atoms with Crippen LogP contribution in [-0.2, 0) is 5.75 Å². The number of hydrogen-bond acceptors (Lipinski definition) is 4. The molecule has 0 atom stereocenters. The van der Waals surface area contributed by atoms with Gasteiger partial charge in [0, 0.05) is 17.3 Å². The lowest BCUT2D eigenvalue weighted by atomic mass is 10.1. The first kappa shape index (κ1) is 18.0. The molecule has 0 fully saturated rings. The predicted octanol–water partition coefficient (Wildman–Crippen LogP) is 4.16. The van der Waals surface area contributed by atoms with Crippen molar-refractivity contribution in [2.45, 2.75) is 12.2 Å². The molecule has 6 heteroatoms. The number of hydrogen-bond donors (Lipinski definition) is 1. The van der Waals surface area contributed by atoms with Crippen LogP contribution in [0.15, 0.2) is 42.5 Å². The summed E-state index contributed by atoms with van der Waals surface area (Å²) in [5.41, 5.74) is 1.79. The van der Waals surface area contributed by atoms with Gasteiger partial charge >= 0.3 is 0 Å². The van der Waals surface area contributed by atoms with Crippen LogP contribution in [0.1, 0.15) is 22.3 Å². The number of amides is 1. The van der Waals surface area contributed by atoms with Crippen molar-refractivity contribution in [1.29, 1.82) is 0 Å². The first-order valence-electron chi connectivity index (χ1n) is 8.23. The zero-order chi connectivity index (χ0) is 17.5. The lowest BCUT2D eigenvalue weighted by Gasteiger charge is -2.20. The molecule has 1 N–H and O–H groups in total. The number of carbonyl (C=O) groups is 1. The van der Waals surface area contributed by atoms with Gasteiger partial charge < -0.3 is 14.8 Å². The molecule has 2 aromatic carbocycles. The van der Waals surface area contributed by atoms with Crippen LogP contribution in [0.5, 0.6) is 11.5 Å². The molecule has 1 amide bonds. The maximum absolute atomic E-state index is 12.3. The molecule has 4 nitrogen and oxygen atoms in total. The lowest BCUT2D eigenvalue weighted by molar-refractivity contribution is 0.0942. The highest BCUT2D eigenvalue weighted by atomic mass is 35.5. The van der Waals surface area contributed by atoms with Gasteiger partial charge in [-0.3, -0.25) is 4.79 Å². The Morgan fingerprint density at radius 2 is 1.92 bits per heavy atom. The van der Waals surface area contributed by atoms with Crippen LogP contribution in [0.25, 0.3) is 0 Å². The Balaban J connectivity index is 1.39. The van der Waals surface area contributed by atoms with Gasteiger partial charge in [0.1, 0.15) is 13.2 Å². The van der Waals surface area contributed by atoms with Crippen molar-refractivity contribution in [3.63, 3.8) is 0 Å². The number of rotatable bonds is 7. The molecule has 0 aromatic heterocycles. The van der Waals surface area contributed by atoms with Gasteiger partial charge in [-0.1, -0.05) is 29.8 Å². The summed E-state index contributed by atoms with van der Waals surface area (Å²) >= 11 is 7.72. The van der Waals surface area contributed by atoms with E-state index in [4.69, 9.17) is 21.1 Å². The van der Waals surface area contributed by atoms with Crippen molar-refractivity contribution in [2.75, 3.05) is 25.5 Å². The van der Waals surface area contributed by atoms with E-state index in [1.54, 1.807) is 6.07 Å². The number of nitrogens with one attached hydrogen (secondary N) is 1. The zero-order valence-electron chi connectivity index (χ0n) is 13.8. The van der Waals surface area contributed by atoms with E-state index >= 15 is 0 Å². The maximum atomic E-state index is 12.3. The molecule has 0 aliphatic carbocycles. The van der Waals surface area contributed by atoms with E-state index in [-0.39, 0.29) is 5.91 Å². The number of halogens is 1. The number of benzene rings is 2. The molecule has 0 unspecified atom stereocenters. The molecule has 1 aliphatic rings. The topological polar surface area (TPSA) is 47.6 Å². The Bertz CT molecular complexity index is 721. The third-order valence-corrected chi connectivity index (χ3v) is 5.11. The molecule has 0 bridgehead atoms. The molecule has 1 heterocycles. The van der Waals surface area contributed by atoms with Crippen LogP contribution in [0.2, 0.25) is 5.02 Å². The Kier molecular flexibility index (Phi) is 6.48. The van der Waals surface area contributed by atoms with Gasteiger partial charge in [0.05, 0.1) is 5.56 Å². The van der Waals surface area contributed by atoms with E-state index in [1.807, 2.05) is 48.2 Å². The van der Waals surface area contributed by atoms with Crippen molar-refractivity contribution < 1.29 is 14.3 Å². The van der Waals surface area contributed by atoms with Crippen LogP contribution in [0.3, 0.4) is 0 Å². The normalized spacial score (nSPS) is 12.7. The monoisotopic (exact) mass is 377 g/mol. The highest BCUT2D eigenvalue weighted by Crippen LogP contribution is 2.33. The summed E-state index contributed by atoms with van der Waals surface area (Å²) in [5.74, 6) is 2.99. The summed E-state index contributed by atoms with van der Waals surface area (Å²) < 4.78 is 11.1.